The average molecular weight is 651 g/mol. The summed E-state index contributed by atoms with van der Waals surface area (Å²) in [7, 11) is 0. The van der Waals surface area contributed by atoms with Crippen molar-refractivity contribution in [3.8, 4) is 0 Å². The summed E-state index contributed by atoms with van der Waals surface area (Å²) in [6.45, 7) is 18.4. The molecule has 0 saturated heterocycles. The van der Waals surface area contributed by atoms with Crippen LogP contribution < -0.4 is 10.6 Å². The largest absolute Gasteiger partial charge is 0.343 e. The quantitative estimate of drug-likeness (QED) is 0.0670. The number of rotatable bonds is 35. The zero-order valence-electron chi connectivity index (χ0n) is 32.1. The summed E-state index contributed by atoms with van der Waals surface area (Å²) < 4.78 is 0. The molecule has 0 aromatic rings. The highest BCUT2D eigenvalue weighted by atomic mass is 16.2. The molecular formula is C40H82N4O2. The van der Waals surface area contributed by atoms with E-state index in [-0.39, 0.29) is 0 Å². The van der Waals surface area contributed by atoms with E-state index in [9.17, 15) is 9.59 Å². The SMILES string of the molecule is CCCCCCCCCCCC(=O)N(CCCCN(CCCNC(C)C)C(=O)CCCCCCCCCCC)CCCNC(C)C. The van der Waals surface area contributed by atoms with Crippen molar-refractivity contribution in [2.75, 3.05) is 39.3 Å². The molecule has 6 heteroatoms. The topological polar surface area (TPSA) is 64.7 Å². The van der Waals surface area contributed by atoms with Gasteiger partial charge in [-0.1, -0.05) is 144 Å². The van der Waals surface area contributed by atoms with Gasteiger partial charge in [-0.05, 0) is 51.6 Å². The van der Waals surface area contributed by atoms with Crippen molar-refractivity contribution < 1.29 is 9.59 Å². The second kappa shape index (κ2) is 33.7. The first kappa shape index (κ1) is 44.9. The fourth-order valence-corrected chi connectivity index (χ4v) is 6.14. The van der Waals surface area contributed by atoms with Crippen LogP contribution in [-0.2, 0) is 9.59 Å². The Hall–Kier alpha value is -1.14. The van der Waals surface area contributed by atoms with Crippen molar-refractivity contribution in [3.63, 3.8) is 0 Å². The molecule has 46 heavy (non-hydrogen) atoms. The number of nitrogens with zero attached hydrogens (tertiary/aromatic N) is 2. The summed E-state index contributed by atoms with van der Waals surface area (Å²) >= 11 is 0. The molecule has 2 N–H and O–H groups in total. The highest BCUT2D eigenvalue weighted by Crippen LogP contribution is 2.14. The third-order valence-electron chi connectivity index (χ3n) is 9.11. The van der Waals surface area contributed by atoms with E-state index in [4.69, 9.17) is 0 Å². The van der Waals surface area contributed by atoms with Crippen LogP contribution in [0, 0.1) is 0 Å². The Morgan fingerprint density at radius 2 is 0.696 bits per heavy atom. The van der Waals surface area contributed by atoms with Crippen molar-refractivity contribution in [1.82, 2.24) is 20.4 Å². The first-order valence-electron chi connectivity index (χ1n) is 20.3. The first-order chi connectivity index (χ1) is 22.3. The molecule has 0 heterocycles. The number of carbonyl (C=O) groups excluding carboxylic acids is 2. The molecule has 0 aliphatic rings. The molecule has 0 aromatic heterocycles. The highest BCUT2D eigenvalue weighted by molar-refractivity contribution is 5.76. The molecular weight excluding hydrogens is 568 g/mol. The lowest BCUT2D eigenvalue weighted by Crippen LogP contribution is -2.37. The van der Waals surface area contributed by atoms with E-state index in [2.05, 4.69) is 62.0 Å². The normalized spacial score (nSPS) is 11.6. The van der Waals surface area contributed by atoms with Gasteiger partial charge in [-0.2, -0.15) is 0 Å². The minimum Gasteiger partial charge on any atom is -0.343 e. The van der Waals surface area contributed by atoms with Crippen LogP contribution in [0.15, 0.2) is 0 Å². The standard InChI is InChI=1S/C40H82N4O2/c1-7-9-11-13-15-17-19-21-23-29-39(45)43(35-27-31-41-37(3)4)33-25-26-34-44(36-28-32-42-38(5)6)40(46)30-24-22-20-18-16-14-12-10-8-2/h37-38,41-42H,7-36H2,1-6H3. The summed E-state index contributed by atoms with van der Waals surface area (Å²) in [4.78, 5) is 30.7. The van der Waals surface area contributed by atoms with Crippen LogP contribution in [0.5, 0.6) is 0 Å². The Kier molecular flexibility index (Phi) is 32.9. The monoisotopic (exact) mass is 651 g/mol. The van der Waals surface area contributed by atoms with Crippen LogP contribution in [-0.4, -0.2) is 73.0 Å². The summed E-state index contributed by atoms with van der Waals surface area (Å²) in [6.07, 6.45) is 28.3. The Morgan fingerprint density at radius 3 is 1.00 bits per heavy atom. The number of hydrogen-bond acceptors (Lipinski definition) is 4. The summed E-state index contributed by atoms with van der Waals surface area (Å²) in [6, 6.07) is 0.946. The molecule has 0 fully saturated rings. The maximum Gasteiger partial charge on any atom is 0.222 e. The van der Waals surface area contributed by atoms with E-state index in [1.807, 2.05) is 0 Å². The molecule has 0 unspecified atom stereocenters. The van der Waals surface area contributed by atoms with Gasteiger partial charge >= 0.3 is 0 Å². The van der Waals surface area contributed by atoms with Crippen LogP contribution in [0.3, 0.4) is 0 Å². The van der Waals surface area contributed by atoms with Crippen LogP contribution in [0.1, 0.15) is 196 Å². The summed E-state index contributed by atoms with van der Waals surface area (Å²) in [5.41, 5.74) is 0. The van der Waals surface area contributed by atoms with Gasteiger partial charge in [-0.15, -0.1) is 0 Å². The third kappa shape index (κ3) is 30.2. The van der Waals surface area contributed by atoms with Gasteiger partial charge in [-0.3, -0.25) is 9.59 Å². The number of carbonyl (C=O) groups is 2. The molecule has 6 nitrogen and oxygen atoms in total. The Labute approximate surface area is 288 Å². The molecule has 0 rings (SSSR count). The molecule has 0 aliphatic heterocycles. The third-order valence-corrected chi connectivity index (χ3v) is 9.11. The zero-order chi connectivity index (χ0) is 34.1. The minimum atomic E-state index is 0.325. The van der Waals surface area contributed by atoms with Gasteiger partial charge in [0.1, 0.15) is 0 Å². The number of unbranched alkanes of at least 4 members (excludes halogenated alkanes) is 17. The second-order valence-electron chi connectivity index (χ2n) is 14.6. The van der Waals surface area contributed by atoms with Gasteiger partial charge in [-0.25, -0.2) is 0 Å². The molecule has 0 spiro atoms. The fraction of sp³-hybridized carbons (Fsp3) is 0.950. The van der Waals surface area contributed by atoms with Crippen molar-refractivity contribution in [3.05, 3.63) is 0 Å². The van der Waals surface area contributed by atoms with Crippen molar-refractivity contribution in [2.45, 2.75) is 208 Å². The van der Waals surface area contributed by atoms with Crippen LogP contribution in [0.25, 0.3) is 0 Å². The smallest absolute Gasteiger partial charge is 0.222 e. The van der Waals surface area contributed by atoms with Crippen molar-refractivity contribution in [1.29, 1.82) is 0 Å². The maximum atomic E-state index is 13.2. The lowest BCUT2D eigenvalue weighted by Gasteiger charge is -2.26. The Morgan fingerprint density at radius 1 is 0.413 bits per heavy atom. The second-order valence-corrected chi connectivity index (χ2v) is 14.6. The number of nitrogens with one attached hydrogen (secondary N) is 2. The molecule has 0 saturated carbocycles. The molecule has 0 aliphatic carbocycles. The summed E-state index contributed by atoms with van der Waals surface area (Å²) in [5.74, 6) is 0.649. The molecule has 0 bridgehead atoms. The predicted octanol–water partition coefficient (Wildman–Crippen LogP) is 10.0. The van der Waals surface area contributed by atoms with E-state index < -0.39 is 0 Å². The van der Waals surface area contributed by atoms with Gasteiger partial charge < -0.3 is 20.4 Å². The molecule has 0 aromatic carbocycles. The molecule has 0 atom stereocenters. The first-order valence-corrected chi connectivity index (χ1v) is 20.3. The fourth-order valence-electron chi connectivity index (χ4n) is 6.14. The van der Waals surface area contributed by atoms with Crippen molar-refractivity contribution in [2.24, 2.45) is 0 Å². The van der Waals surface area contributed by atoms with E-state index in [0.29, 0.717) is 36.7 Å². The average Bonchev–Trinajstić information content (AvgIpc) is 3.02. The van der Waals surface area contributed by atoms with Crippen molar-refractivity contribution >= 4 is 11.8 Å². The van der Waals surface area contributed by atoms with Gasteiger partial charge in [0.25, 0.3) is 0 Å². The maximum absolute atomic E-state index is 13.2. The Bertz CT molecular complexity index is 614. The van der Waals surface area contributed by atoms with Gasteiger partial charge in [0.15, 0.2) is 0 Å². The lowest BCUT2D eigenvalue weighted by molar-refractivity contribution is -0.133. The molecule has 0 radical (unpaired) electrons. The van der Waals surface area contributed by atoms with Gasteiger partial charge in [0.2, 0.25) is 11.8 Å². The van der Waals surface area contributed by atoms with E-state index in [1.54, 1.807) is 0 Å². The molecule has 2 amide bonds. The highest BCUT2D eigenvalue weighted by Gasteiger charge is 2.16. The van der Waals surface area contributed by atoms with E-state index in [0.717, 1.165) is 77.8 Å². The van der Waals surface area contributed by atoms with Crippen LogP contribution in [0.2, 0.25) is 0 Å². The van der Waals surface area contributed by atoms with Gasteiger partial charge in [0.05, 0.1) is 0 Å². The zero-order valence-corrected chi connectivity index (χ0v) is 32.1. The van der Waals surface area contributed by atoms with Crippen LogP contribution >= 0.6 is 0 Å². The van der Waals surface area contributed by atoms with Gasteiger partial charge in [0, 0.05) is 51.1 Å². The molecule has 274 valence electrons. The number of amides is 2. The minimum absolute atomic E-state index is 0.325. The Balaban J connectivity index is 4.67. The van der Waals surface area contributed by atoms with E-state index in [1.165, 1.54) is 103 Å². The lowest BCUT2D eigenvalue weighted by atomic mass is 10.1. The summed E-state index contributed by atoms with van der Waals surface area (Å²) in [5, 5.41) is 7.00. The number of hydrogen-bond donors (Lipinski definition) is 2. The predicted molar refractivity (Wildman–Crippen MR) is 202 cm³/mol. The van der Waals surface area contributed by atoms with E-state index >= 15 is 0 Å². The van der Waals surface area contributed by atoms with Crippen LogP contribution in [0.4, 0.5) is 0 Å².